The van der Waals surface area contributed by atoms with Gasteiger partial charge in [-0.05, 0) is 18.6 Å². The standard InChI is InChI=1S/C17H20N2O6S2/c1-25-13-6-3-2-5-11(13)19-12-9-27(23,24)10-14(12)26-17(19)18-15(20)7-4-8-16(21)22/h2-3,5-6,12,14H,4,7-10H2,1H3,(H,21,22)/t12-,14-/m0/s1. The second kappa shape index (κ2) is 7.89. The van der Waals surface area contributed by atoms with Gasteiger partial charge in [-0.15, -0.1) is 0 Å². The molecule has 0 radical (unpaired) electrons. The SMILES string of the molecule is COc1ccccc1N1C(=NC(=O)CCCC(=O)O)S[C@H]2CS(=O)(=O)C[C@@H]21. The molecule has 2 saturated heterocycles. The van der Waals surface area contributed by atoms with Crippen molar-refractivity contribution in [2.24, 2.45) is 4.99 Å². The number of benzene rings is 1. The highest BCUT2D eigenvalue weighted by Gasteiger charge is 2.49. The Balaban J connectivity index is 1.90. The Morgan fingerprint density at radius 1 is 1.30 bits per heavy atom. The van der Waals surface area contributed by atoms with E-state index in [0.717, 1.165) is 0 Å². The van der Waals surface area contributed by atoms with Crippen LogP contribution in [0.5, 0.6) is 5.75 Å². The van der Waals surface area contributed by atoms with Gasteiger partial charge in [0.15, 0.2) is 15.0 Å². The van der Waals surface area contributed by atoms with Gasteiger partial charge in [0.25, 0.3) is 0 Å². The summed E-state index contributed by atoms with van der Waals surface area (Å²) in [6.07, 6.45) is 0.152. The molecule has 0 unspecified atom stereocenters. The summed E-state index contributed by atoms with van der Waals surface area (Å²) in [6.45, 7) is 0. The van der Waals surface area contributed by atoms with Gasteiger partial charge in [0.1, 0.15) is 5.75 Å². The third-order valence-electron chi connectivity index (χ3n) is 4.41. The fourth-order valence-electron chi connectivity index (χ4n) is 3.23. The van der Waals surface area contributed by atoms with Crippen molar-refractivity contribution in [1.29, 1.82) is 0 Å². The molecule has 0 saturated carbocycles. The van der Waals surface area contributed by atoms with E-state index in [-0.39, 0.29) is 42.1 Å². The summed E-state index contributed by atoms with van der Waals surface area (Å²) in [6, 6.07) is 6.87. The Bertz CT molecular complexity index is 883. The Kier molecular flexibility index (Phi) is 5.75. The molecule has 27 heavy (non-hydrogen) atoms. The maximum atomic E-state index is 12.2. The topological polar surface area (TPSA) is 113 Å². The van der Waals surface area contributed by atoms with E-state index in [1.807, 2.05) is 12.1 Å². The van der Waals surface area contributed by atoms with Crippen LogP contribution in [-0.4, -0.2) is 60.5 Å². The first-order chi connectivity index (χ1) is 12.8. The first-order valence-electron chi connectivity index (χ1n) is 8.43. The molecule has 1 aromatic rings. The second-order valence-corrected chi connectivity index (χ2v) is 9.74. The zero-order valence-electron chi connectivity index (χ0n) is 14.7. The number of anilines is 1. The number of amidine groups is 1. The van der Waals surface area contributed by atoms with Crippen LogP contribution in [0.25, 0.3) is 0 Å². The molecular weight excluding hydrogens is 392 g/mol. The van der Waals surface area contributed by atoms with Crippen molar-refractivity contribution in [3.05, 3.63) is 24.3 Å². The number of rotatable bonds is 6. The van der Waals surface area contributed by atoms with Crippen LogP contribution < -0.4 is 9.64 Å². The molecule has 2 fully saturated rings. The average molecular weight is 412 g/mol. The van der Waals surface area contributed by atoms with Crippen LogP contribution in [0.1, 0.15) is 19.3 Å². The van der Waals surface area contributed by atoms with Gasteiger partial charge >= 0.3 is 5.97 Å². The molecule has 1 aromatic carbocycles. The van der Waals surface area contributed by atoms with E-state index < -0.39 is 21.7 Å². The zero-order valence-corrected chi connectivity index (χ0v) is 16.3. The fourth-order valence-corrected chi connectivity index (χ4v) is 7.15. The lowest BCUT2D eigenvalue weighted by molar-refractivity contribution is -0.137. The maximum Gasteiger partial charge on any atom is 0.303 e. The summed E-state index contributed by atoms with van der Waals surface area (Å²) in [5.74, 6) is -0.772. The molecule has 3 rings (SSSR count). The molecular formula is C17H20N2O6S2. The van der Waals surface area contributed by atoms with E-state index in [4.69, 9.17) is 9.84 Å². The molecule has 1 N–H and O–H groups in total. The first-order valence-corrected chi connectivity index (χ1v) is 11.1. The van der Waals surface area contributed by atoms with Crippen molar-refractivity contribution in [3.8, 4) is 5.75 Å². The van der Waals surface area contributed by atoms with Crippen molar-refractivity contribution in [3.63, 3.8) is 0 Å². The van der Waals surface area contributed by atoms with Crippen LogP contribution in [-0.2, 0) is 19.4 Å². The lowest BCUT2D eigenvalue weighted by Crippen LogP contribution is -2.38. The molecule has 2 heterocycles. The van der Waals surface area contributed by atoms with Gasteiger partial charge in [-0.1, -0.05) is 23.9 Å². The lowest BCUT2D eigenvalue weighted by Gasteiger charge is -2.26. The number of carboxylic acid groups (broad SMARTS) is 1. The third kappa shape index (κ3) is 4.44. The molecule has 2 aliphatic rings. The van der Waals surface area contributed by atoms with Crippen molar-refractivity contribution in [1.82, 2.24) is 0 Å². The monoisotopic (exact) mass is 412 g/mol. The number of hydrogen-bond acceptors (Lipinski definition) is 6. The van der Waals surface area contributed by atoms with Crippen LogP contribution in [0, 0.1) is 0 Å². The normalized spacial score (nSPS) is 24.8. The van der Waals surface area contributed by atoms with Crippen LogP contribution in [0.4, 0.5) is 5.69 Å². The number of ether oxygens (including phenoxy) is 1. The number of aliphatic carboxylic acids is 1. The van der Waals surface area contributed by atoms with E-state index in [0.29, 0.717) is 16.6 Å². The lowest BCUT2D eigenvalue weighted by atomic mass is 10.2. The molecule has 0 spiro atoms. The van der Waals surface area contributed by atoms with Gasteiger partial charge in [0, 0.05) is 18.1 Å². The number of methoxy groups -OCH3 is 1. The first kappa shape index (κ1) is 19.7. The van der Waals surface area contributed by atoms with Crippen LogP contribution >= 0.6 is 11.8 Å². The van der Waals surface area contributed by atoms with E-state index in [1.165, 1.54) is 18.9 Å². The van der Waals surface area contributed by atoms with Crippen LogP contribution in [0.2, 0.25) is 0 Å². The number of carbonyl (C=O) groups excluding carboxylic acids is 1. The average Bonchev–Trinajstić information content (AvgIpc) is 3.05. The summed E-state index contributed by atoms with van der Waals surface area (Å²) >= 11 is 1.28. The Morgan fingerprint density at radius 3 is 2.74 bits per heavy atom. The van der Waals surface area contributed by atoms with E-state index in [2.05, 4.69) is 4.99 Å². The quantitative estimate of drug-likeness (QED) is 0.749. The summed E-state index contributed by atoms with van der Waals surface area (Å²) in [5, 5.41) is 8.92. The van der Waals surface area contributed by atoms with Gasteiger partial charge in [0.2, 0.25) is 5.91 Å². The number of para-hydroxylation sites is 2. The second-order valence-electron chi connectivity index (χ2n) is 6.38. The van der Waals surface area contributed by atoms with Crippen molar-refractivity contribution in [2.75, 3.05) is 23.5 Å². The largest absolute Gasteiger partial charge is 0.495 e. The van der Waals surface area contributed by atoms with Gasteiger partial charge in [-0.25, -0.2) is 8.42 Å². The minimum absolute atomic E-state index is 0.00502. The van der Waals surface area contributed by atoms with Crippen LogP contribution in [0.15, 0.2) is 29.3 Å². The van der Waals surface area contributed by atoms with Gasteiger partial charge in [0.05, 0.1) is 30.3 Å². The number of carbonyl (C=O) groups is 2. The number of carboxylic acids is 1. The molecule has 146 valence electrons. The minimum atomic E-state index is -3.15. The molecule has 0 bridgehead atoms. The number of hydrogen-bond donors (Lipinski definition) is 1. The van der Waals surface area contributed by atoms with Crippen molar-refractivity contribution < 1.29 is 27.9 Å². The summed E-state index contributed by atoms with van der Waals surface area (Å²) in [5.41, 5.74) is 0.661. The Hall–Kier alpha value is -2.07. The molecule has 0 aliphatic carbocycles. The molecule has 0 aromatic heterocycles. The smallest absolute Gasteiger partial charge is 0.303 e. The van der Waals surface area contributed by atoms with Crippen molar-refractivity contribution >= 4 is 44.3 Å². The third-order valence-corrected chi connectivity index (χ3v) is 7.62. The molecule has 2 atom stereocenters. The highest BCUT2D eigenvalue weighted by Crippen LogP contribution is 2.43. The molecule has 1 amide bonds. The number of nitrogens with zero attached hydrogens (tertiary/aromatic N) is 2. The Morgan fingerprint density at radius 2 is 2.04 bits per heavy atom. The zero-order chi connectivity index (χ0) is 19.6. The summed E-state index contributed by atoms with van der Waals surface area (Å²) in [4.78, 5) is 28.7. The maximum absolute atomic E-state index is 12.2. The van der Waals surface area contributed by atoms with E-state index >= 15 is 0 Å². The number of aliphatic imine (C=N–C) groups is 1. The van der Waals surface area contributed by atoms with E-state index in [9.17, 15) is 18.0 Å². The number of thioether (sulfide) groups is 1. The highest BCUT2D eigenvalue weighted by atomic mass is 32.2. The van der Waals surface area contributed by atoms with Gasteiger partial charge in [-0.2, -0.15) is 4.99 Å². The number of fused-ring (bicyclic) bond motifs is 1. The van der Waals surface area contributed by atoms with Gasteiger partial charge in [-0.3, -0.25) is 9.59 Å². The van der Waals surface area contributed by atoms with Crippen molar-refractivity contribution in [2.45, 2.75) is 30.6 Å². The van der Waals surface area contributed by atoms with E-state index in [1.54, 1.807) is 17.0 Å². The minimum Gasteiger partial charge on any atom is -0.495 e. The number of sulfone groups is 1. The fraction of sp³-hybridized carbons (Fsp3) is 0.471. The van der Waals surface area contributed by atoms with Crippen LogP contribution in [0.3, 0.4) is 0 Å². The van der Waals surface area contributed by atoms with Gasteiger partial charge < -0.3 is 14.7 Å². The highest BCUT2D eigenvalue weighted by molar-refractivity contribution is 8.16. The predicted octanol–water partition coefficient (Wildman–Crippen LogP) is 1.55. The molecule has 10 heteroatoms. The predicted molar refractivity (Wildman–Crippen MR) is 103 cm³/mol. The summed E-state index contributed by atoms with van der Waals surface area (Å²) in [7, 11) is -1.62. The molecule has 2 aliphatic heterocycles. The number of amides is 1. The molecule has 8 nitrogen and oxygen atoms in total. The Labute approximate surface area is 161 Å². The summed E-state index contributed by atoms with van der Waals surface area (Å²) < 4.78 is 29.5.